The van der Waals surface area contributed by atoms with E-state index < -0.39 is 29.1 Å². The number of benzene rings is 2. The largest absolute Gasteiger partial charge is 0.423 e. The molecule has 0 saturated carbocycles. The minimum absolute atomic E-state index is 0.0854. The third-order valence-corrected chi connectivity index (χ3v) is 2.74. The zero-order valence-electron chi connectivity index (χ0n) is 10.2. The Morgan fingerprint density at radius 3 is 2.24 bits per heavy atom. The van der Waals surface area contributed by atoms with E-state index in [1.165, 1.54) is 24.3 Å². The van der Waals surface area contributed by atoms with Crippen LogP contribution in [0.1, 0.15) is 15.9 Å². The molecule has 7 heteroatoms. The smallest absolute Gasteiger partial charge is 0.416 e. The van der Waals surface area contributed by atoms with Crippen LogP contribution in [-0.2, 0) is 6.18 Å². The molecule has 0 heterocycles. The summed E-state index contributed by atoms with van der Waals surface area (Å²) in [6.07, 6.45) is -4.75. The number of carbonyl (C=O) groups is 1. The summed E-state index contributed by atoms with van der Waals surface area (Å²) in [5.74, 6) is -2.18. The fraction of sp³-hybridized carbons (Fsp3) is 0.0714. The predicted molar refractivity (Wildman–Crippen MR) is 67.8 cm³/mol. The van der Waals surface area contributed by atoms with Gasteiger partial charge in [-0.2, -0.15) is 13.2 Å². The first-order valence-corrected chi connectivity index (χ1v) is 5.99. The van der Waals surface area contributed by atoms with Gasteiger partial charge >= 0.3 is 12.1 Å². The minimum atomic E-state index is -4.75. The van der Waals surface area contributed by atoms with Gasteiger partial charge < -0.3 is 4.74 Å². The number of carbonyl (C=O) groups excluding carboxylic acids is 1. The lowest BCUT2D eigenvalue weighted by Crippen LogP contribution is -2.12. The molecule has 2 nitrogen and oxygen atoms in total. The fourth-order valence-corrected chi connectivity index (χ4v) is 1.67. The van der Waals surface area contributed by atoms with Gasteiger partial charge in [0.2, 0.25) is 0 Å². The third-order valence-electron chi connectivity index (χ3n) is 2.48. The molecule has 2 aromatic carbocycles. The second-order valence-electron chi connectivity index (χ2n) is 4.07. The molecule has 0 fully saturated rings. The molecular weight excluding hydrogens is 312 g/mol. The number of rotatable bonds is 2. The zero-order valence-corrected chi connectivity index (χ0v) is 11.0. The van der Waals surface area contributed by atoms with E-state index >= 15 is 0 Å². The minimum Gasteiger partial charge on any atom is -0.423 e. The highest BCUT2D eigenvalue weighted by Crippen LogP contribution is 2.30. The van der Waals surface area contributed by atoms with Crippen molar-refractivity contribution in [3.8, 4) is 5.75 Å². The molecule has 0 radical (unpaired) electrons. The van der Waals surface area contributed by atoms with Crippen LogP contribution in [0.2, 0.25) is 5.02 Å². The van der Waals surface area contributed by atoms with Crippen LogP contribution in [0, 0.1) is 5.82 Å². The van der Waals surface area contributed by atoms with E-state index in [4.69, 9.17) is 16.3 Å². The molecule has 2 aromatic rings. The van der Waals surface area contributed by atoms with Crippen molar-refractivity contribution < 1.29 is 27.1 Å². The average molecular weight is 319 g/mol. The van der Waals surface area contributed by atoms with Crippen LogP contribution in [0.15, 0.2) is 42.5 Å². The SMILES string of the molecule is O=C(Oc1ccc(Cl)cc1)c1cc(F)cc(C(F)(F)F)c1. The highest BCUT2D eigenvalue weighted by molar-refractivity contribution is 6.30. The maximum Gasteiger partial charge on any atom is 0.416 e. The van der Waals surface area contributed by atoms with Gasteiger partial charge in [-0.15, -0.1) is 0 Å². The van der Waals surface area contributed by atoms with Crippen molar-refractivity contribution in [1.29, 1.82) is 0 Å². The summed E-state index contributed by atoms with van der Waals surface area (Å²) < 4.78 is 55.7. The van der Waals surface area contributed by atoms with Crippen molar-refractivity contribution in [1.82, 2.24) is 0 Å². The van der Waals surface area contributed by atoms with Crippen LogP contribution in [0.25, 0.3) is 0 Å². The molecule has 0 aromatic heterocycles. The Morgan fingerprint density at radius 1 is 1.05 bits per heavy atom. The highest BCUT2D eigenvalue weighted by Gasteiger charge is 2.32. The van der Waals surface area contributed by atoms with Crippen molar-refractivity contribution >= 4 is 17.6 Å². The molecule has 0 spiro atoms. The average Bonchev–Trinajstić information content (AvgIpc) is 2.39. The van der Waals surface area contributed by atoms with E-state index in [-0.39, 0.29) is 5.75 Å². The van der Waals surface area contributed by atoms with Crippen LogP contribution in [0.4, 0.5) is 17.6 Å². The number of hydrogen-bond donors (Lipinski definition) is 0. The number of esters is 1. The summed E-state index contributed by atoms with van der Waals surface area (Å²) in [6.45, 7) is 0. The van der Waals surface area contributed by atoms with E-state index in [1.54, 1.807) is 0 Å². The van der Waals surface area contributed by atoms with E-state index in [2.05, 4.69) is 0 Å². The number of halogens is 5. The highest BCUT2D eigenvalue weighted by atomic mass is 35.5. The number of ether oxygens (including phenoxy) is 1. The number of alkyl halides is 3. The van der Waals surface area contributed by atoms with Crippen molar-refractivity contribution in [2.24, 2.45) is 0 Å². The first-order valence-electron chi connectivity index (χ1n) is 5.61. The normalized spacial score (nSPS) is 11.3. The lowest BCUT2D eigenvalue weighted by atomic mass is 10.1. The Kier molecular flexibility index (Phi) is 4.18. The predicted octanol–water partition coefficient (Wildman–Crippen LogP) is 4.72. The molecule has 2 rings (SSSR count). The van der Waals surface area contributed by atoms with Crippen LogP contribution in [-0.4, -0.2) is 5.97 Å². The Bertz CT molecular complexity index is 666. The second-order valence-corrected chi connectivity index (χ2v) is 4.51. The molecule has 0 N–H and O–H groups in total. The van der Waals surface area contributed by atoms with Crippen LogP contribution in [0.3, 0.4) is 0 Å². The van der Waals surface area contributed by atoms with Gasteiger partial charge in [0.15, 0.2) is 0 Å². The van der Waals surface area contributed by atoms with Gasteiger partial charge in [0, 0.05) is 5.02 Å². The summed E-state index contributed by atoms with van der Waals surface area (Å²) in [6, 6.07) is 7.12. The Labute approximate surface area is 121 Å². The quantitative estimate of drug-likeness (QED) is 0.455. The van der Waals surface area contributed by atoms with Gasteiger partial charge in [-0.05, 0) is 42.5 Å². The maximum absolute atomic E-state index is 13.2. The van der Waals surface area contributed by atoms with Crippen LogP contribution >= 0.6 is 11.6 Å². The fourth-order valence-electron chi connectivity index (χ4n) is 1.54. The molecule has 110 valence electrons. The van der Waals surface area contributed by atoms with Crippen molar-refractivity contribution in [3.63, 3.8) is 0 Å². The van der Waals surface area contributed by atoms with Gasteiger partial charge in [0.1, 0.15) is 11.6 Å². The summed E-state index contributed by atoms with van der Waals surface area (Å²) in [4.78, 5) is 11.7. The lowest BCUT2D eigenvalue weighted by Gasteiger charge is -2.09. The van der Waals surface area contributed by atoms with Gasteiger partial charge in [-0.25, -0.2) is 9.18 Å². The lowest BCUT2D eigenvalue weighted by molar-refractivity contribution is -0.137. The Balaban J connectivity index is 2.27. The molecule has 0 amide bonds. The van der Waals surface area contributed by atoms with E-state index in [0.29, 0.717) is 23.2 Å². The Hall–Kier alpha value is -2.08. The van der Waals surface area contributed by atoms with Gasteiger partial charge in [0.25, 0.3) is 0 Å². The van der Waals surface area contributed by atoms with Gasteiger partial charge in [-0.1, -0.05) is 11.6 Å². The zero-order chi connectivity index (χ0) is 15.6. The van der Waals surface area contributed by atoms with E-state index in [0.717, 1.165) is 0 Å². The molecule has 21 heavy (non-hydrogen) atoms. The van der Waals surface area contributed by atoms with Gasteiger partial charge in [-0.3, -0.25) is 0 Å². The summed E-state index contributed by atoms with van der Waals surface area (Å²) in [5, 5.41) is 0.403. The Morgan fingerprint density at radius 2 is 1.67 bits per heavy atom. The molecule has 0 bridgehead atoms. The number of hydrogen-bond acceptors (Lipinski definition) is 2. The third kappa shape index (κ3) is 3.95. The standard InChI is InChI=1S/C14H7ClF4O2/c15-10-1-3-12(4-2-10)21-13(20)8-5-9(14(17,18)19)7-11(16)6-8/h1-7H. The second kappa shape index (κ2) is 5.73. The summed E-state index contributed by atoms with van der Waals surface area (Å²) >= 11 is 5.64. The molecule has 0 unspecified atom stereocenters. The first-order chi connectivity index (χ1) is 9.75. The van der Waals surface area contributed by atoms with Crippen LogP contribution in [0.5, 0.6) is 5.75 Å². The van der Waals surface area contributed by atoms with E-state index in [1.807, 2.05) is 0 Å². The van der Waals surface area contributed by atoms with Crippen molar-refractivity contribution in [2.45, 2.75) is 6.18 Å². The van der Waals surface area contributed by atoms with Gasteiger partial charge in [0.05, 0.1) is 11.1 Å². The summed E-state index contributed by atoms with van der Waals surface area (Å²) in [7, 11) is 0. The first kappa shape index (κ1) is 15.3. The van der Waals surface area contributed by atoms with Crippen molar-refractivity contribution in [3.05, 3.63) is 64.4 Å². The van der Waals surface area contributed by atoms with Crippen LogP contribution < -0.4 is 4.74 Å². The van der Waals surface area contributed by atoms with E-state index in [9.17, 15) is 22.4 Å². The molecule has 0 aliphatic rings. The summed E-state index contributed by atoms with van der Waals surface area (Å²) in [5.41, 5.74) is -1.79. The molecular formula is C14H7ClF4O2. The molecule has 0 aliphatic carbocycles. The molecule has 0 aliphatic heterocycles. The monoisotopic (exact) mass is 318 g/mol. The topological polar surface area (TPSA) is 26.3 Å². The molecule has 0 saturated heterocycles. The molecule has 0 atom stereocenters. The van der Waals surface area contributed by atoms with Crippen molar-refractivity contribution in [2.75, 3.05) is 0 Å². The maximum atomic E-state index is 13.2.